The monoisotopic (exact) mass is 361 g/mol. The molecule has 1 nitrogen and oxygen atoms in total. The molecule has 0 spiro atoms. The van der Waals surface area contributed by atoms with Crippen LogP contribution in [0.15, 0.2) is 83.9 Å². The van der Waals surface area contributed by atoms with Gasteiger partial charge in [0.2, 0.25) is 0 Å². The molecule has 1 unspecified atom stereocenters. The van der Waals surface area contributed by atoms with Crippen molar-refractivity contribution in [2.45, 2.75) is 39.7 Å². The van der Waals surface area contributed by atoms with Crippen LogP contribution in [0.2, 0.25) is 0 Å². The van der Waals surface area contributed by atoms with Crippen LogP contribution < -0.4 is 4.90 Å². The van der Waals surface area contributed by atoms with Gasteiger partial charge in [0.25, 0.3) is 0 Å². The SMILES string of the molecule is CC/C=C\C(C)N(C1=CC=CCC=C1)c1ccc(-c2cccs2)c(C)c1. The minimum absolute atomic E-state index is 0.296. The third-order valence-corrected chi connectivity index (χ3v) is 5.48. The number of thiophene rings is 1. The smallest absolute Gasteiger partial charge is 0.0494 e. The van der Waals surface area contributed by atoms with Gasteiger partial charge in [0.05, 0.1) is 0 Å². The first-order valence-corrected chi connectivity index (χ1v) is 10.2. The van der Waals surface area contributed by atoms with Gasteiger partial charge in [-0.15, -0.1) is 11.3 Å². The molecule has 1 atom stereocenters. The summed E-state index contributed by atoms with van der Waals surface area (Å²) in [6.07, 6.45) is 17.6. The summed E-state index contributed by atoms with van der Waals surface area (Å²) in [5, 5.41) is 2.14. The lowest BCUT2D eigenvalue weighted by Gasteiger charge is -2.31. The molecule has 26 heavy (non-hydrogen) atoms. The molecule has 1 aromatic carbocycles. The number of hydrogen-bond acceptors (Lipinski definition) is 2. The summed E-state index contributed by atoms with van der Waals surface area (Å²) in [5.74, 6) is 0. The van der Waals surface area contributed by atoms with Crippen LogP contribution in [-0.4, -0.2) is 6.04 Å². The standard InChI is InChI=1S/C24H27NS/c1-4-5-11-20(3)25(21-12-8-6-7-9-13-21)22-15-16-23(19(2)18-22)24-14-10-17-26-24/h5-6,8-18,20H,4,7H2,1-3H3/b11-5-. The Morgan fingerprint density at radius 3 is 2.85 bits per heavy atom. The highest BCUT2D eigenvalue weighted by Crippen LogP contribution is 2.33. The number of rotatable bonds is 6. The predicted molar refractivity (Wildman–Crippen MR) is 117 cm³/mol. The lowest BCUT2D eigenvalue weighted by atomic mass is 10.0. The van der Waals surface area contributed by atoms with E-state index in [9.17, 15) is 0 Å². The molecule has 0 saturated carbocycles. The van der Waals surface area contributed by atoms with Gasteiger partial charge in [-0.05, 0) is 73.5 Å². The van der Waals surface area contributed by atoms with Crippen molar-refractivity contribution in [2.75, 3.05) is 4.90 Å². The van der Waals surface area contributed by atoms with E-state index in [-0.39, 0.29) is 0 Å². The van der Waals surface area contributed by atoms with E-state index in [0.29, 0.717) is 6.04 Å². The molecule has 0 N–H and O–H groups in total. The predicted octanol–water partition coefficient (Wildman–Crippen LogP) is 7.28. The Morgan fingerprint density at radius 1 is 1.23 bits per heavy atom. The van der Waals surface area contributed by atoms with Crippen molar-refractivity contribution in [3.8, 4) is 10.4 Å². The zero-order valence-electron chi connectivity index (χ0n) is 15.9. The van der Waals surface area contributed by atoms with Crippen LogP contribution in [0.3, 0.4) is 0 Å². The topological polar surface area (TPSA) is 3.24 Å². The van der Waals surface area contributed by atoms with E-state index in [1.54, 1.807) is 11.3 Å². The number of benzene rings is 1. The number of aryl methyl sites for hydroxylation is 1. The van der Waals surface area contributed by atoms with Crippen LogP contribution in [0, 0.1) is 6.92 Å². The van der Waals surface area contributed by atoms with Gasteiger partial charge in [-0.2, -0.15) is 0 Å². The van der Waals surface area contributed by atoms with Crippen LogP contribution in [0.4, 0.5) is 5.69 Å². The summed E-state index contributed by atoms with van der Waals surface area (Å²) in [4.78, 5) is 3.75. The highest BCUT2D eigenvalue weighted by atomic mass is 32.1. The first kappa shape index (κ1) is 18.5. The van der Waals surface area contributed by atoms with Gasteiger partial charge in [0.15, 0.2) is 0 Å². The van der Waals surface area contributed by atoms with E-state index in [4.69, 9.17) is 0 Å². The highest BCUT2D eigenvalue weighted by molar-refractivity contribution is 7.13. The zero-order valence-corrected chi connectivity index (χ0v) is 16.7. The third kappa shape index (κ3) is 4.25. The fourth-order valence-corrected chi connectivity index (χ4v) is 4.09. The molecule has 3 rings (SSSR count). The van der Waals surface area contributed by atoms with Gasteiger partial charge >= 0.3 is 0 Å². The molecule has 0 saturated heterocycles. The summed E-state index contributed by atoms with van der Waals surface area (Å²) >= 11 is 1.80. The Labute approximate surface area is 161 Å². The van der Waals surface area contributed by atoms with Gasteiger partial charge < -0.3 is 4.90 Å². The van der Waals surface area contributed by atoms with Crippen LogP contribution in [0.25, 0.3) is 10.4 Å². The average molecular weight is 362 g/mol. The van der Waals surface area contributed by atoms with Crippen molar-refractivity contribution in [1.29, 1.82) is 0 Å². The quantitative estimate of drug-likeness (QED) is 0.488. The van der Waals surface area contributed by atoms with E-state index in [1.807, 2.05) is 0 Å². The molecule has 1 heterocycles. The fraction of sp³-hybridized carbons (Fsp3) is 0.250. The van der Waals surface area contributed by atoms with Crippen LogP contribution in [0.1, 0.15) is 32.3 Å². The zero-order chi connectivity index (χ0) is 18.4. The second-order valence-corrected chi connectivity index (χ2v) is 7.53. The van der Waals surface area contributed by atoms with Gasteiger partial charge in [-0.25, -0.2) is 0 Å². The van der Waals surface area contributed by atoms with Crippen LogP contribution in [-0.2, 0) is 0 Å². The molecule has 0 fully saturated rings. The molecule has 1 aliphatic rings. The van der Waals surface area contributed by atoms with Crippen molar-refractivity contribution in [3.05, 3.63) is 89.5 Å². The van der Waals surface area contributed by atoms with Crippen molar-refractivity contribution < 1.29 is 0 Å². The third-order valence-electron chi connectivity index (χ3n) is 4.57. The Bertz CT molecular complexity index is 837. The minimum Gasteiger partial charge on any atom is -0.335 e. The molecular weight excluding hydrogens is 334 g/mol. The van der Waals surface area contributed by atoms with Crippen molar-refractivity contribution in [1.82, 2.24) is 0 Å². The molecule has 0 bridgehead atoms. The lowest BCUT2D eigenvalue weighted by molar-refractivity contribution is 0.829. The van der Waals surface area contributed by atoms with Crippen LogP contribution in [0.5, 0.6) is 0 Å². The number of anilines is 1. The maximum atomic E-state index is 2.42. The van der Waals surface area contributed by atoms with Gasteiger partial charge in [-0.1, -0.05) is 49.4 Å². The van der Waals surface area contributed by atoms with Crippen molar-refractivity contribution >= 4 is 17.0 Å². The fourth-order valence-electron chi connectivity index (χ4n) is 3.27. The second-order valence-electron chi connectivity index (χ2n) is 6.58. The molecule has 0 amide bonds. The van der Waals surface area contributed by atoms with E-state index < -0.39 is 0 Å². The molecule has 2 aromatic rings. The van der Waals surface area contributed by atoms with Crippen molar-refractivity contribution in [3.63, 3.8) is 0 Å². The average Bonchev–Trinajstić information content (AvgIpc) is 3.04. The normalized spacial score (nSPS) is 15.1. The molecule has 0 radical (unpaired) electrons. The minimum atomic E-state index is 0.296. The Balaban J connectivity index is 2.01. The number of nitrogens with zero attached hydrogens (tertiary/aromatic N) is 1. The van der Waals surface area contributed by atoms with E-state index >= 15 is 0 Å². The molecule has 2 heteroatoms. The van der Waals surface area contributed by atoms with Crippen LogP contribution >= 0.6 is 11.3 Å². The summed E-state index contributed by atoms with van der Waals surface area (Å²) in [6.45, 7) is 6.65. The largest absolute Gasteiger partial charge is 0.335 e. The Kier molecular flexibility index (Phi) is 6.30. The van der Waals surface area contributed by atoms with E-state index in [0.717, 1.165) is 12.8 Å². The molecule has 1 aromatic heterocycles. The van der Waals surface area contributed by atoms with E-state index in [1.165, 1.54) is 27.4 Å². The Morgan fingerprint density at radius 2 is 2.12 bits per heavy atom. The lowest BCUT2D eigenvalue weighted by Crippen LogP contribution is -2.30. The highest BCUT2D eigenvalue weighted by Gasteiger charge is 2.17. The maximum Gasteiger partial charge on any atom is 0.0494 e. The van der Waals surface area contributed by atoms with Gasteiger partial charge in [0, 0.05) is 22.3 Å². The first-order valence-electron chi connectivity index (χ1n) is 9.34. The molecular formula is C24H27NS. The summed E-state index contributed by atoms with van der Waals surface area (Å²) in [6, 6.07) is 11.4. The number of allylic oxidation sites excluding steroid dienone is 6. The maximum absolute atomic E-state index is 2.42. The number of hydrogen-bond donors (Lipinski definition) is 0. The summed E-state index contributed by atoms with van der Waals surface area (Å²) in [5.41, 5.74) is 5.11. The summed E-state index contributed by atoms with van der Waals surface area (Å²) in [7, 11) is 0. The van der Waals surface area contributed by atoms with Gasteiger partial charge in [0.1, 0.15) is 0 Å². The van der Waals surface area contributed by atoms with E-state index in [2.05, 4.69) is 104 Å². The first-order chi connectivity index (χ1) is 12.7. The molecule has 1 aliphatic carbocycles. The second kappa shape index (κ2) is 8.86. The molecule has 134 valence electrons. The van der Waals surface area contributed by atoms with Crippen molar-refractivity contribution in [2.24, 2.45) is 0 Å². The summed E-state index contributed by atoms with van der Waals surface area (Å²) < 4.78 is 0. The molecule has 0 aliphatic heterocycles. The van der Waals surface area contributed by atoms with Gasteiger partial charge in [-0.3, -0.25) is 0 Å². The Hall–Kier alpha value is -2.32.